The van der Waals surface area contributed by atoms with E-state index in [0.717, 1.165) is 37.7 Å². The van der Waals surface area contributed by atoms with Gasteiger partial charge in [-0.05, 0) is 32.0 Å². The van der Waals surface area contributed by atoms with Crippen LogP contribution < -0.4 is 0 Å². The minimum absolute atomic E-state index is 0.109. The Labute approximate surface area is 140 Å². The number of aromatic nitrogens is 2. The second-order valence-electron chi connectivity index (χ2n) is 6.72. The van der Waals surface area contributed by atoms with Gasteiger partial charge in [-0.25, -0.2) is 4.98 Å². The SMILES string of the molecule is Cc1nc(CN2CCC3(C2)CN(C(=O)c2cccnc2)C3)cs1. The second kappa shape index (κ2) is 5.69. The molecule has 0 radical (unpaired) electrons. The molecule has 2 aliphatic rings. The van der Waals surface area contributed by atoms with Crippen LogP contribution in [0.15, 0.2) is 29.9 Å². The highest BCUT2D eigenvalue weighted by molar-refractivity contribution is 7.09. The fraction of sp³-hybridized carbons (Fsp3) is 0.471. The van der Waals surface area contributed by atoms with Gasteiger partial charge in [0.15, 0.2) is 0 Å². The minimum atomic E-state index is 0.109. The number of amides is 1. The Bertz CT molecular complexity index is 708. The lowest BCUT2D eigenvalue weighted by atomic mass is 9.79. The van der Waals surface area contributed by atoms with E-state index >= 15 is 0 Å². The third-order valence-electron chi connectivity index (χ3n) is 4.82. The maximum absolute atomic E-state index is 12.4. The predicted octanol–water partition coefficient (Wildman–Crippen LogP) is 2.19. The zero-order chi connectivity index (χ0) is 15.9. The van der Waals surface area contributed by atoms with E-state index in [4.69, 9.17) is 0 Å². The van der Waals surface area contributed by atoms with Crippen LogP contribution in [0.25, 0.3) is 0 Å². The molecule has 1 amide bonds. The first-order valence-corrected chi connectivity index (χ1v) is 8.84. The van der Waals surface area contributed by atoms with E-state index in [2.05, 4.69) is 20.2 Å². The summed E-state index contributed by atoms with van der Waals surface area (Å²) in [6, 6.07) is 3.65. The second-order valence-corrected chi connectivity index (χ2v) is 7.78. The highest BCUT2D eigenvalue weighted by Gasteiger charge is 2.49. The zero-order valence-electron chi connectivity index (χ0n) is 13.2. The summed E-state index contributed by atoms with van der Waals surface area (Å²) in [4.78, 5) is 25.4. The molecule has 120 valence electrons. The van der Waals surface area contributed by atoms with Crippen LogP contribution in [0.5, 0.6) is 0 Å². The molecule has 4 rings (SSSR count). The van der Waals surface area contributed by atoms with Crippen molar-refractivity contribution < 1.29 is 4.79 Å². The van der Waals surface area contributed by atoms with Crippen molar-refractivity contribution in [2.45, 2.75) is 19.9 Å². The molecule has 5 nitrogen and oxygen atoms in total. The van der Waals surface area contributed by atoms with Gasteiger partial charge in [0.25, 0.3) is 5.91 Å². The summed E-state index contributed by atoms with van der Waals surface area (Å²) in [5.74, 6) is 0.109. The molecule has 4 heterocycles. The van der Waals surface area contributed by atoms with E-state index in [1.54, 1.807) is 23.7 Å². The highest BCUT2D eigenvalue weighted by atomic mass is 32.1. The van der Waals surface area contributed by atoms with Gasteiger partial charge in [0.05, 0.1) is 16.3 Å². The first kappa shape index (κ1) is 14.8. The lowest BCUT2D eigenvalue weighted by molar-refractivity contribution is 0.0103. The molecule has 0 unspecified atom stereocenters. The van der Waals surface area contributed by atoms with Crippen LogP contribution in [0.1, 0.15) is 27.5 Å². The summed E-state index contributed by atoms with van der Waals surface area (Å²) in [5, 5.41) is 3.28. The molecule has 2 aromatic heterocycles. The number of pyridine rings is 1. The Morgan fingerprint density at radius 1 is 1.39 bits per heavy atom. The lowest BCUT2D eigenvalue weighted by Gasteiger charge is -2.48. The van der Waals surface area contributed by atoms with Crippen LogP contribution in [0, 0.1) is 12.3 Å². The van der Waals surface area contributed by atoms with Crippen molar-refractivity contribution in [3.63, 3.8) is 0 Å². The first-order chi connectivity index (χ1) is 11.1. The van der Waals surface area contributed by atoms with Crippen molar-refractivity contribution >= 4 is 17.2 Å². The van der Waals surface area contributed by atoms with Gasteiger partial charge < -0.3 is 4.90 Å². The molecule has 0 bridgehead atoms. The van der Waals surface area contributed by atoms with E-state index in [1.807, 2.05) is 24.0 Å². The number of aryl methyl sites for hydroxylation is 1. The molecule has 0 aliphatic carbocycles. The van der Waals surface area contributed by atoms with Crippen LogP contribution in [0.3, 0.4) is 0 Å². The van der Waals surface area contributed by atoms with E-state index in [-0.39, 0.29) is 5.91 Å². The minimum Gasteiger partial charge on any atom is -0.337 e. The number of rotatable bonds is 3. The molecule has 1 spiro atoms. The smallest absolute Gasteiger partial charge is 0.255 e. The quantitative estimate of drug-likeness (QED) is 0.867. The first-order valence-electron chi connectivity index (χ1n) is 7.96. The van der Waals surface area contributed by atoms with Crippen LogP contribution in [-0.4, -0.2) is 51.9 Å². The summed E-state index contributed by atoms with van der Waals surface area (Å²) >= 11 is 1.71. The molecule has 0 saturated carbocycles. The van der Waals surface area contributed by atoms with Crippen molar-refractivity contribution in [3.05, 3.63) is 46.2 Å². The Morgan fingerprint density at radius 3 is 2.96 bits per heavy atom. The van der Waals surface area contributed by atoms with E-state index in [9.17, 15) is 4.79 Å². The molecule has 0 N–H and O–H groups in total. The van der Waals surface area contributed by atoms with Crippen LogP contribution >= 0.6 is 11.3 Å². The monoisotopic (exact) mass is 328 g/mol. The molecule has 2 aliphatic heterocycles. The standard InChI is InChI=1S/C17H20N4OS/c1-13-19-15(9-23-13)8-20-6-4-17(10-20)11-21(12-17)16(22)14-3-2-5-18-7-14/h2-3,5,7,9H,4,6,8,10-12H2,1H3. The summed E-state index contributed by atoms with van der Waals surface area (Å²) < 4.78 is 0. The number of carbonyl (C=O) groups is 1. The van der Waals surface area contributed by atoms with E-state index < -0.39 is 0 Å². The molecule has 2 fully saturated rings. The van der Waals surface area contributed by atoms with Crippen molar-refractivity contribution in [2.24, 2.45) is 5.41 Å². The molecular weight excluding hydrogens is 308 g/mol. The van der Waals surface area contributed by atoms with Gasteiger partial charge in [-0.2, -0.15) is 0 Å². The van der Waals surface area contributed by atoms with Crippen molar-refractivity contribution in [3.8, 4) is 0 Å². The van der Waals surface area contributed by atoms with E-state index in [0.29, 0.717) is 11.0 Å². The molecule has 6 heteroatoms. The molecule has 2 aromatic rings. The van der Waals surface area contributed by atoms with Crippen LogP contribution in [-0.2, 0) is 6.54 Å². The van der Waals surface area contributed by atoms with Gasteiger partial charge >= 0.3 is 0 Å². The topological polar surface area (TPSA) is 49.3 Å². The van der Waals surface area contributed by atoms with Gasteiger partial charge in [-0.1, -0.05) is 0 Å². The number of carbonyl (C=O) groups excluding carboxylic acids is 1. The van der Waals surface area contributed by atoms with Crippen molar-refractivity contribution in [2.75, 3.05) is 26.2 Å². The number of nitrogens with zero attached hydrogens (tertiary/aromatic N) is 4. The molecule has 0 atom stereocenters. The maximum atomic E-state index is 12.4. The summed E-state index contributed by atoms with van der Waals surface area (Å²) in [5.41, 5.74) is 2.16. The highest BCUT2D eigenvalue weighted by Crippen LogP contribution is 2.40. The number of thiazole rings is 1. The predicted molar refractivity (Wildman–Crippen MR) is 89.3 cm³/mol. The lowest BCUT2D eigenvalue weighted by Crippen LogP contribution is -2.59. The van der Waals surface area contributed by atoms with Crippen molar-refractivity contribution in [1.82, 2.24) is 19.8 Å². The van der Waals surface area contributed by atoms with Gasteiger partial charge in [0.2, 0.25) is 0 Å². The number of likely N-dealkylation sites (tertiary alicyclic amines) is 2. The van der Waals surface area contributed by atoms with Crippen molar-refractivity contribution in [1.29, 1.82) is 0 Å². The van der Waals surface area contributed by atoms with Gasteiger partial charge in [-0.3, -0.25) is 14.7 Å². The van der Waals surface area contributed by atoms with Gasteiger partial charge in [0.1, 0.15) is 0 Å². The summed E-state index contributed by atoms with van der Waals surface area (Å²) in [7, 11) is 0. The Hall–Kier alpha value is -1.79. The van der Waals surface area contributed by atoms with Gasteiger partial charge in [0, 0.05) is 49.4 Å². The number of hydrogen-bond acceptors (Lipinski definition) is 5. The summed E-state index contributed by atoms with van der Waals surface area (Å²) in [6.07, 6.45) is 4.52. The van der Waals surface area contributed by atoms with Gasteiger partial charge in [-0.15, -0.1) is 11.3 Å². The maximum Gasteiger partial charge on any atom is 0.255 e. The molecule has 23 heavy (non-hydrogen) atoms. The van der Waals surface area contributed by atoms with E-state index in [1.165, 1.54) is 12.1 Å². The number of hydrogen-bond donors (Lipinski definition) is 0. The Kier molecular flexibility index (Phi) is 3.66. The third-order valence-corrected chi connectivity index (χ3v) is 5.64. The Morgan fingerprint density at radius 2 is 2.26 bits per heavy atom. The average Bonchev–Trinajstić information content (AvgIpc) is 3.13. The van der Waals surface area contributed by atoms with Crippen LogP contribution in [0.2, 0.25) is 0 Å². The fourth-order valence-corrected chi connectivity index (χ4v) is 4.31. The van der Waals surface area contributed by atoms with Crippen LogP contribution in [0.4, 0.5) is 0 Å². The molecular formula is C17H20N4OS. The largest absolute Gasteiger partial charge is 0.337 e. The molecule has 0 aromatic carbocycles. The third kappa shape index (κ3) is 2.88. The zero-order valence-corrected chi connectivity index (χ0v) is 14.1. The normalized spacial score (nSPS) is 20.0. The average molecular weight is 328 g/mol. The summed E-state index contributed by atoms with van der Waals surface area (Å²) in [6.45, 7) is 6.89. The molecule has 2 saturated heterocycles. The fourth-order valence-electron chi connectivity index (χ4n) is 3.71. The Balaban J connectivity index is 1.33.